The van der Waals surface area contributed by atoms with Gasteiger partial charge in [-0.2, -0.15) is 0 Å². The van der Waals surface area contributed by atoms with E-state index in [1.165, 1.54) is 0 Å². The summed E-state index contributed by atoms with van der Waals surface area (Å²) in [5, 5.41) is 0. The third-order valence-corrected chi connectivity index (χ3v) is 3.70. The van der Waals surface area contributed by atoms with Gasteiger partial charge >= 0.3 is 5.97 Å². The molecule has 0 amide bonds. The second-order valence-corrected chi connectivity index (χ2v) is 7.49. The van der Waals surface area contributed by atoms with Crippen molar-refractivity contribution in [1.29, 1.82) is 0 Å². The molecule has 0 N–H and O–H groups in total. The van der Waals surface area contributed by atoms with Crippen LogP contribution in [0.15, 0.2) is 12.2 Å². The van der Waals surface area contributed by atoms with Crippen molar-refractivity contribution in [3.05, 3.63) is 12.2 Å². The molecule has 130 valence electrons. The Labute approximate surface area is 133 Å². The Morgan fingerprint density at radius 3 is 2.41 bits per heavy atom. The smallest absolute Gasteiger partial charge is 0.333 e. The van der Waals surface area contributed by atoms with Gasteiger partial charge in [-0.3, -0.25) is 4.57 Å². The van der Waals surface area contributed by atoms with Gasteiger partial charge in [-0.25, -0.2) is 4.79 Å². The van der Waals surface area contributed by atoms with Gasteiger partial charge in [0.2, 0.25) is 0 Å². The molecule has 0 saturated heterocycles. The molecule has 8 heteroatoms. The number of likely N-dealkylation sites (N-methyl/N-ethyl adjacent to an activating group) is 1. The van der Waals surface area contributed by atoms with Gasteiger partial charge in [-0.05, 0) is 26.7 Å². The molecule has 0 heterocycles. The van der Waals surface area contributed by atoms with E-state index in [9.17, 15) is 14.3 Å². The monoisotopic (exact) mass is 337 g/mol. The zero-order valence-electron chi connectivity index (χ0n) is 14.2. The predicted molar refractivity (Wildman–Crippen MR) is 82.0 cm³/mol. The maximum Gasteiger partial charge on any atom is 0.333 e. The molecule has 0 bridgehead atoms. The van der Waals surface area contributed by atoms with Gasteiger partial charge in [0, 0.05) is 5.57 Å². The Bertz CT molecular complexity index is 418. The van der Waals surface area contributed by atoms with Crippen LogP contribution in [0.1, 0.15) is 26.7 Å². The lowest BCUT2D eigenvalue weighted by atomic mass is 10.2. The molecule has 0 rings (SSSR count). The first-order valence-electron chi connectivity index (χ1n) is 7.24. The molecule has 2 unspecified atom stereocenters. The van der Waals surface area contributed by atoms with E-state index in [1.54, 1.807) is 13.8 Å². The van der Waals surface area contributed by atoms with Crippen LogP contribution in [-0.2, 0) is 23.1 Å². The van der Waals surface area contributed by atoms with Crippen LogP contribution in [0.3, 0.4) is 0 Å². The lowest BCUT2D eigenvalue weighted by Gasteiger charge is -2.32. The predicted octanol–water partition coefficient (Wildman–Crippen LogP) is 1.48. The number of carbonyl (C=O) groups is 1. The van der Waals surface area contributed by atoms with Gasteiger partial charge in [-0.15, -0.1) is 0 Å². The van der Waals surface area contributed by atoms with E-state index in [-0.39, 0.29) is 13.2 Å². The van der Waals surface area contributed by atoms with Gasteiger partial charge in [-0.1, -0.05) is 6.58 Å². The molecule has 0 aliphatic rings. The van der Waals surface area contributed by atoms with Gasteiger partial charge in [0.25, 0.3) is 7.82 Å². The fourth-order valence-corrected chi connectivity index (χ4v) is 2.67. The highest BCUT2D eigenvalue weighted by atomic mass is 31.2. The molecule has 0 aromatic rings. The highest BCUT2D eigenvalue weighted by Gasteiger charge is 2.24. The summed E-state index contributed by atoms with van der Waals surface area (Å²) < 4.78 is 26.9. The molecule has 22 heavy (non-hydrogen) atoms. The van der Waals surface area contributed by atoms with Gasteiger partial charge in [0.15, 0.2) is 0 Å². The number of rotatable bonds is 11. The molecule has 7 nitrogen and oxygen atoms in total. The highest BCUT2D eigenvalue weighted by molar-refractivity contribution is 7.45. The largest absolute Gasteiger partial charge is 0.756 e. The van der Waals surface area contributed by atoms with Crippen LogP contribution >= 0.6 is 7.82 Å². The van der Waals surface area contributed by atoms with E-state index in [1.807, 2.05) is 21.1 Å². The Morgan fingerprint density at radius 1 is 1.36 bits per heavy atom. The zero-order chi connectivity index (χ0) is 17.4. The number of esters is 1. The third kappa shape index (κ3) is 10.9. The molecule has 0 radical (unpaired) electrons. The van der Waals surface area contributed by atoms with Crippen molar-refractivity contribution < 1.29 is 32.5 Å². The Hall–Kier alpha value is -0.720. The molecule has 0 aromatic heterocycles. The average Bonchev–Trinajstić information content (AvgIpc) is 2.31. The molecule has 0 aromatic carbocycles. The summed E-state index contributed by atoms with van der Waals surface area (Å²) in [6.07, 6.45) is 0.409. The second kappa shape index (κ2) is 9.43. The number of phosphoric acid groups is 1. The van der Waals surface area contributed by atoms with Crippen molar-refractivity contribution in [2.24, 2.45) is 0 Å². The molecular weight excluding hydrogens is 309 g/mol. The van der Waals surface area contributed by atoms with Crippen LogP contribution in [0, 0.1) is 0 Å². The summed E-state index contributed by atoms with van der Waals surface area (Å²) >= 11 is 0. The van der Waals surface area contributed by atoms with Crippen LogP contribution in [-0.4, -0.2) is 57.5 Å². The number of hydrogen-bond acceptors (Lipinski definition) is 6. The fraction of sp³-hybridized carbons (Fsp3) is 0.786. The molecular formula is C14H28NO6P. The number of hydrogen-bond donors (Lipinski definition) is 0. The van der Waals surface area contributed by atoms with Crippen LogP contribution in [0.5, 0.6) is 0 Å². The number of nitrogens with zero attached hydrogens (tertiary/aromatic N) is 1. The van der Waals surface area contributed by atoms with E-state index < -0.39 is 19.9 Å². The van der Waals surface area contributed by atoms with Gasteiger partial charge < -0.3 is 23.2 Å². The van der Waals surface area contributed by atoms with Gasteiger partial charge in [0.1, 0.15) is 12.6 Å². The minimum atomic E-state index is -4.30. The number of carbonyl (C=O) groups excluding carboxylic acids is 1. The summed E-state index contributed by atoms with van der Waals surface area (Å²) in [6, 6.07) is 0. The first-order chi connectivity index (χ1) is 9.97. The van der Waals surface area contributed by atoms with E-state index in [2.05, 4.69) is 11.1 Å². The van der Waals surface area contributed by atoms with Crippen molar-refractivity contribution in [2.75, 3.05) is 40.9 Å². The molecule has 0 aliphatic heterocycles. The number of phosphoric ester groups is 1. The summed E-state index contributed by atoms with van der Waals surface area (Å²) in [7, 11) is 1.52. The fourth-order valence-electron chi connectivity index (χ4n) is 1.76. The van der Waals surface area contributed by atoms with Crippen LogP contribution in [0.4, 0.5) is 0 Å². The Balaban J connectivity index is 4.46. The highest BCUT2D eigenvalue weighted by Crippen LogP contribution is 2.40. The lowest BCUT2D eigenvalue weighted by molar-refractivity contribution is -0.873. The van der Waals surface area contributed by atoms with Crippen LogP contribution in [0.25, 0.3) is 0 Å². The molecule has 0 fully saturated rings. The minimum absolute atomic E-state index is 0.0358. The molecule has 2 atom stereocenters. The quantitative estimate of drug-likeness (QED) is 0.187. The van der Waals surface area contributed by atoms with E-state index in [0.29, 0.717) is 29.4 Å². The summed E-state index contributed by atoms with van der Waals surface area (Å²) in [5.41, 5.74) is 0.333. The number of ether oxygens (including phenoxy) is 1. The van der Waals surface area contributed by atoms with Gasteiger partial charge in [0.05, 0.1) is 34.4 Å². The van der Waals surface area contributed by atoms with Crippen molar-refractivity contribution in [2.45, 2.75) is 32.8 Å². The average molecular weight is 337 g/mol. The van der Waals surface area contributed by atoms with Crippen molar-refractivity contribution in [1.82, 2.24) is 0 Å². The normalized spacial score (nSPS) is 15.9. The van der Waals surface area contributed by atoms with Crippen molar-refractivity contribution in [3.8, 4) is 0 Å². The van der Waals surface area contributed by atoms with Crippen LogP contribution < -0.4 is 4.89 Å². The maximum absolute atomic E-state index is 11.6. The first-order valence-corrected chi connectivity index (χ1v) is 8.70. The minimum Gasteiger partial charge on any atom is -0.756 e. The van der Waals surface area contributed by atoms with Crippen molar-refractivity contribution >= 4 is 13.8 Å². The zero-order valence-corrected chi connectivity index (χ0v) is 15.1. The lowest BCUT2D eigenvalue weighted by Crippen LogP contribution is -2.42. The summed E-state index contributed by atoms with van der Waals surface area (Å²) in [5.74, 6) is -0.451. The Morgan fingerprint density at radius 2 is 1.95 bits per heavy atom. The topological polar surface area (TPSA) is 84.9 Å². The Kier molecular flexibility index (Phi) is 9.12. The number of quaternary nitrogens is 1. The SMILES string of the molecule is C=C(C)C(=O)OCCCC(C[N+](C)(C)C)OP(=O)([O-])OCC. The first kappa shape index (κ1) is 21.3. The second-order valence-electron chi connectivity index (χ2n) is 6.12. The summed E-state index contributed by atoms with van der Waals surface area (Å²) in [4.78, 5) is 22.9. The van der Waals surface area contributed by atoms with E-state index >= 15 is 0 Å². The molecule has 0 saturated carbocycles. The van der Waals surface area contributed by atoms with Crippen molar-refractivity contribution in [3.63, 3.8) is 0 Å². The summed E-state index contributed by atoms with van der Waals surface area (Å²) in [6.45, 7) is 7.37. The molecule has 0 aliphatic carbocycles. The maximum atomic E-state index is 11.6. The van der Waals surface area contributed by atoms with Crippen LogP contribution in [0.2, 0.25) is 0 Å². The molecule has 0 spiro atoms. The van der Waals surface area contributed by atoms with E-state index in [4.69, 9.17) is 9.26 Å². The van der Waals surface area contributed by atoms with E-state index in [0.717, 1.165) is 0 Å². The standard InChI is InChI=1S/C14H28NO6P/c1-7-20-22(17,18)21-13(11-15(4,5)6)9-8-10-19-14(16)12(2)3/h13H,2,7-11H2,1,3-6H3. The third-order valence-electron chi connectivity index (χ3n) is 2.57.